The minimum atomic E-state index is -0.137. The first-order valence-corrected chi connectivity index (χ1v) is 6.89. The summed E-state index contributed by atoms with van der Waals surface area (Å²) < 4.78 is 0.862. The van der Waals surface area contributed by atoms with Gasteiger partial charge in [-0.25, -0.2) is 0 Å². The minimum absolute atomic E-state index is 0.137. The smallest absolute Gasteiger partial charge is 0.230 e. The summed E-state index contributed by atoms with van der Waals surface area (Å²) >= 11 is 9.37. The standard InChI is InChI=1S/C14H12BrClN2O/c1-9-3-2-6-17-12(9)8-14(19)18-13-7-10(15)4-5-11(13)16/h2-7H,8H2,1H3,(H,18,19). The molecule has 0 aliphatic carbocycles. The van der Waals surface area contributed by atoms with Crippen molar-refractivity contribution in [2.45, 2.75) is 13.3 Å². The number of amides is 1. The number of nitrogens with zero attached hydrogens (tertiary/aromatic N) is 1. The second kappa shape index (κ2) is 6.17. The summed E-state index contributed by atoms with van der Waals surface area (Å²) in [6.07, 6.45) is 1.91. The van der Waals surface area contributed by atoms with Crippen molar-refractivity contribution in [1.82, 2.24) is 4.98 Å². The number of anilines is 1. The van der Waals surface area contributed by atoms with Crippen LogP contribution < -0.4 is 5.32 Å². The van der Waals surface area contributed by atoms with E-state index in [1.807, 2.05) is 25.1 Å². The van der Waals surface area contributed by atoms with E-state index < -0.39 is 0 Å². The van der Waals surface area contributed by atoms with Crippen LogP contribution in [0.2, 0.25) is 5.02 Å². The molecule has 1 heterocycles. The Morgan fingerprint density at radius 1 is 1.42 bits per heavy atom. The molecule has 0 fully saturated rings. The molecule has 1 aromatic carbocycles. The molecule has 2 aromatic rings. The number of halogens is 2. The maximum Gasteiger partial charge on any atom is 0.230 e. The van der Waals surface area contributed by atoms with Gasteiger partial charge in [0.15, 0.2) is 0 Å². The maximum absolute atomic E-state index is 12.0. The van der Waals surface area contributed by atoms with E-state index in [1.165, 1.54) is 0 Å². The fraction of sp³-hybridized carbons (Fsp3) is 0.143. The zero-order chi connectivity index (χ0) is 13.8. The van der Waals surface area contributed by atoms with Gasteiger partial charge in [0.2, 0.25) is 5.91 Å². The number of benzene rings is 1. The summed E-state index contributed by atoms with van der Waals surface area (Å²) in [4.78, 5) is 16.2. The van der Waals surface area contributed by atoms with E-state index in [0.717, 1.165) is 15.7 Å². The molecule has 0 saturated heterocycles. The molecule has 0 bridgehead atoms. The van der Waals surface area contributed by atoms with Crippen LogP contribution in [0.4, 0.5) is 5.69 Å². The topological polar surface area (TPSA) is 42.0 Å². The Hall–Kier alpha value is -1.39. The molecule has 0 aliphatic heterocycles. The maximum atomic E-state index is 12.0. The summed E-state index contributed by atoms with van der Waals surface area (Å²) in [6, 6.07) is 9.10. The van der Waals surface area contributed by atoms with Gasteiger partial charge in [-0.3, -0.25) is 9.78 Å². The largest absolute Gasteiger partial charge is 0.324 e. The zero-order valence-corrected chi connectivity index (χ0v) is 12.6. The minimum Gasteiger partial charge on any atom is -0.324 e. The predicted molar refractivity (Wildman–Crippen MR) is 80.5 cm³/mol. The van der Waals surface area contributed by atoms with Crippen LogP contribution in [-0.4, -0.2) is 10.9 Å². The number of pyridine rings is 1. The molecular weight excluding hydrogens is 328 g/mol. The Bertz CT molecular complexity index is 616. The van der Waals surface area contributed by atoms with Gasteiger partial charge in [-0.15, -0.1) is 0 Å². The van der Waals surface area contributed by atoms with E-state index >= 15 is 0 Å². The molecule has 0 unspecified atom stereocenters. The van der Waals surface area contributed by atoms with E-state index in [2.05, 4.69) is 26.2 Å². The van der Waals surface area contributed by atoms with Crippen LogP contribution in [0.5, 0.6) is 0 Å². The number of nitrogens with one attached hydrogen (secondary N) is 1. The van der Waals surface area contributed by atoms with Crippen molar-refractivity contribution < 1.29 is 4.79 Å². The predicted octanol–water partition coefficient (Wildman–Crippen LogP) is 3.99. The molecule has 0 saturated carbocycles. The number of carbonyl (C=O) groups excluding carboxylic acids is 1. The van der Waals surface area contributed by atoms with Gasteiger partial charge < -0.3 is 5.32 Å². The highest BCUT2D eigenvalue weighted by atomic mass is 79.9. The Balaban J connectivity index is 2.10. The Morgan fingerprint density at radius 3 is 2.95 bits per heavy atom. The number of hydrogen-bond acceptors (Lipinski definition) is 2. The van der Waals surface area contributed by atoms with E-state index in [1.54, 1.807) is 18.3 Å². The van der Waals surface area contributed by atoms with Crippen LogP contribution in [0.1, 0.15) is 11.3 Å². The van der Waals surface area contributed by atoms with Crippen LogP contribution in [0.3, 0.4) is 0 Å². The third-order valence-electron chi connectivity index (χ3n) is 2.65. The number of aromatic nitrogens is 1. The van der Waals surface area contributed by atoms with Crippen molar-refractivity contribution in [3.63, 3.8) is 0 Å². The fourth-order valence-electron chi connectivity index (χ4n) is 1.64. The quantitative estimate of drug-likeness (QED) is 0.919. The van der Waals surface area contributed by atoms with Crippen LogP contribution in [0.25, 0.3) is 0 Å². The van der Waals surface area contributed by atoms with E-state index in [4.69, 9.17) is 11.6 Å². The van der Waals surface area contributed by atoms with Crippen LogP contribution in [-0.2, 0) is 11.2 Å². The normalized spacial score (nSPS) is 10.3. The average molecular weight is 340 g/mol. The van der Waals surface area contributed by atoms with Gasteiger partial charge in [0.05, 0.1) is 22.8 Å². The first-order chi connectivity index (χ1) is 9.06. The molecule has 5 heteroatoms. The second-order valence-corrected chi connectivity index (χ2v) is 5.44. The molecule has 3 nitrogen and oxygen atoms in total. The molecular formula is C14H12BrClN2O. The second-order valence-electron chi connectivity index (χ2n) is 4.12. The molecule has 1 N–H and O–H groups in total. The van der Waals surface area contributed by atoms with Gasteiger partial charge in [-0.1, -0.05) is 33.6 Å². The highest BCUT2D eigenvalue weighted by molar-refractivity contribution is 9.10. The summed E-state index contributed by atoms with van der Waals surface area (Å²) in [5.74, 6) is -0.137. The van der Waals surface area contributed by atoms with Crippen LogP contribution >= 0.6 is 27.5 Å². The van der Waals surface area contributed by atoms with Crippen molar-refractivity contribution >= 4 is 39.1 Å². The van der Waals surface area contributed by atoms with Crippen molar-refractivity contribution in [2.24, 2.45) is 0 Å². The summed E-state index contributed by atoms with van der Waals surface area (Å²) in [6.45, 7) is 1.93. The lowest BCUT2D eigenvalue weighted by Crippen LogP contribution is -2.16. The van der Waals surface area contributed by atoms with E-state index in [-0.39, 0.29) is 12.3 Å². The third-order valence-corrected chi connectivity index (χ3v) is 3.47. The first-order valence-electron chi connectivity index (χ1n) is 5.71. The summed E-state index contributed by atoms with van der Waals surface area (Å²) in [5, 5.41) is 3.29. The lowest BCUT2D eigenvalue weighted by molar-refractivity contribution is -0.115. The summed E-state index contributed by atoms with van der Waals surface area (Å²) in [5.41, 5.74) is 2.36. The summed E-state index contributed by atoms with van der Waals surface area (Å²) in [7, 11) is 0. The number of carbonyl (C=O) groups is 1. The highest BCUT2D eigenvalue weighted by Gasteiger charge is 2.09. The highest BCUT2D eigenvalue weighted by Crippen LogP contribution is 2.25. The van der Waals surface area contributed by atoms with Crippen molar-refractivity contribution in [1.29, 1.82) is 0 Å². The third kappa shape index (κ3) is 3.78. The SMILES string of the molecule is Cc1cccnc1CC(=O)Nc1cc(Br)ccc1Cl. The zero-order valence-electron chi connectivity index (χ0n) is 10.3. The Morgan fingerprint density at radius 2 is 2.21 bits per heavy atom. The Kier molecular flexibility index (Phi) is 4.56. The van der Waals surface area contributed by atoms with Gasteiger partial charge in [-0.05, 0) is 36.8 Å². The molecule has 0 aliphatic rings. The number of aryl methyl sites for hydroxylation is 1. The molecule has 0 atom stereocenters. The average Bonchev–Trinajstić information content (AvgIpc) is 2.37. The first kappa shape index (κ1) is 14.0. The van der Waals surface area contributed by atoms with Crippen molar-refractivity contribution in [3.05, 3.63) is 57.3 Å². The van der Waals surface area contributed by atoms with Gasteiger partial charge in [-0.2, -0.15) is 0 Å². The van der Waals surface area contributed by atoms with Crippen molar-refractivity contribution in [3.8, 4) is 0 Å². The lowest BCUT2D eigenvalue weighted by atomic mass is 10.1. The number of rotatable bonds is 3. The molecule has 1 amide bonds. The van der Waals surface area contributed by atoms with Gasteiger partial charge in [0.25, 0.3) is 0 Å². The van der Waals surface area contributed by atoms with Gasteiger partial charge in [0, 0.05) is 10.7 Å². The molecule has 2 rings (SSSR count). The molecule has 98 valence electrons. The molecule has 0 spiro atoms. The Labute approximate surface area is 125 Å². The van der Waals surface area contributed by atoms with Crippen LogP contribution in [0, 0.1) is 6.92 Å². The van der Waals surface area contributed by atoms with Gasteiger partial charge in [0.1, 0.15) is 0 Å². The lowest BCUT2D eigenvalue weighted by Gasteiger charge is -2.08. The molecule has 1 aromatic heterocycles. The monoisotopic (exact) mass is 338 g/mol. The van der Waals surface area contributed by atoms with Gasteiger partial charge >= 0.3 is 0 Å². The van der Waals surface area contributed by atoms with E-state index in [9.17, 15) is 4.79 Å². The van der Waals surface area contributed by atoms with Crippen molar-refractivity contribution in [2.75, 3.05) is 5.32 Å². The number of hydrogen-bond donors (Lipinski definition) is 1. The van der Waals surface area contributed by atoms with Crippen LogP contribution in [0.15, 0.2) is 41.0 Å². The molecule has 19 heavy (non-hydrogen) atoms. The fourth-order valence-corrected chi connectivity index (χ4v) is 2.17. The van der Waals surface area contributed by atoms with E-state index in [0.29, 0.717) is 10.7 Å². The molecule has 0 radical (unpaired) electrons.